The Morgan fingerprint density at radius 2 is 1.77 bits per heavy atom. The van der Waals surface area contributed by atoms with Crippen LogP contribution >= 0.6 is 11.6 Å². The van der Waals surface area contributed by atoms with E-state index in [0.29, 0.717) is 41.7 Å². The highest BCUT2D eigenvalue weighted by atomic mass is 35.5. The topological polar surface area (TPSA) is 72.4 Å². The number of carbonyl (C=O) groups excluding carboxylic acids is 2. The molecule has 0 bridgehead atoms. The Morgan fingerprint density at radius 1 is 0.971 bits per heavy atom. The number of carbonyl (C=O) groups is 2. The van der Waals surface area contributed by atoms with Gasteiger partial charge >= 0.3 is 0 Å². The van der Waals surface area contributed by atoms with Crippen LogP contribution in [0, 0.1) is 13.8 Å². The maximum Gasteiger partial charge on any atom is 0.268 e. The van der Waals surface area contributed by atoms with Crippen LogP contribution in [0.4, 0.5) is 5.69 Å². The summed E-state index contributed by atoms with van der Waals surface area (Å²) >= 11 is 6.17. The number of hydrogen-bond donors (Lipinski definition) is 2. The number of hydrogen-bond acceptors (Lipinski definition) is 3. The van der Waals surface area contributed by atoms with Crippen LogP contribution in [0.3, 0.4) is 0 Å². The van der Waals surface area contributed by atoms with Gasteiger partial charge < -0.3 is 19.9 Å². The smallest absolute Gasteiger partial charge is 0.268 e. The summed E-state index contributed by atoms with van der Waals surface area (Å²) in [6.45, 7) is 5.53. The van der Waals surface area contributed by atoms with Crippen molar-refractivity contribution in [3.63, 3.8) is 0 Å². The molecule has 0 radical (unpaired) electrons. The highest BCUT2D eigenvalue weighted by Gasteiger charge is 2.18. The number of anilines is 1. The van der Waals surface area contributed by atoms with E-state index >= 15 is 0 Å². The first-order chi connectivity index (χ1) is 16.9. The minimum Gasteiger partial charge on any atom is -0.383 e. The summed E-state index contributed by atoms with van der Waals surface area (Å²) in [6.07, 6.45) is 0. The molecule has 180 valence electrons. The van der Waals surface area contributed by atoms with Crippen molar-refractivity contribution in [3.8, 4) is 0 Å². The highest BCUT2D eigenvalue weighted by molar-refractivity contribution is 6.34. The molecule has 0 spiro atoms. The molecule has 7 heteroatoms. The lowest BCUT2D eigenvalue weighted by Crippen LogP contribution is -2.29. The molecule has 4 rings (SSSR count). The maximum atomic E-state index is 13.1. The first kappa shape index (κ1) is 24.5. The highest BCUT2D eigenvalue weighted by Crippen LogP contribution is 2.27. The summed E-state index contributed by atoms with van der Waals surface area (Å²) in [5.74, 6) is -0.465. The fourth-order valence-electron chi connectivity index (χ4n) is 4.05. The van der Waals surface area contributed by atoms with E-state index in [1.165, 1.54) is 0 Å². The summed E-state index contributed by atoms with van der Waals surface area (Å²) < 4.78 is 7.08. The van der Waals surface area contributed by atoms with E-state index in [-0.39, 0.29) is 11.8 Å². The van der Waals surface area contributed by atoms with Crippen molar-refractivity contribution in [1.29, 1.82) is 0 Å². The van der Waals surface area contributed by atoms with Crippen LogP contribution in [0.25, 0.3) is 10.9 Å². The number of aryl methyl sites for hydroxylation is 2. The van der Waals surface area contributed by atoms with Gasteiger partial charge in [0.1, 0.15) is 5.69 Å². The summed E-state index contributed by atoms with van der Waals surface area (Å²) in [4.78, 5) is 25.8. The number of nitrogens with zero attached hydrogens (tertiary/aromatic N) is 1. The van der Waals surface area contributed by atoms with Gasteiger partial charge in [0.05, 0.1) is 17.2 Å². The van der Waals surface area contributed by atoms with E-state index < -0.39 is 0 Å². The Kier molecular flexibility index (Phi) is 7.54. The molecule has 2 N–H and O–H groups in total. The zero-order chi connectivity index (χ0) is 24.9. The molecule has 3 aromatic carbocycles. The summed E-state index contributed by atoms with van der Waals surface area (Å²) in [6, 6.07) is 20.7. The minimum absolute atomic E-state index is 0.176. The predicted octanol–water partition coefficient (Wildman–Crippen LogP) is 5.59. The number of halogens is 1. The molecule has 1 heterocycles. The molecule has 6 nitrogen and oxygen atoms in total. The number of rotatable bonds is 8. The Balaban J connectivity index is 1.70. The molecular formula is C28H28ClN3O3. The van der Waals surface area contributed by atoms with E-state index in [9.17, 15) is 9.59 Å². The second kappa shape index (κ2) is 10.8. The second-order valence-electron chi connectivity index (χ2n) is 8.50. The SMILES string of the molecule is COCCNC(=O)c1cc2cc(NC(=O)c3ccccc3Cl)ccc2n1Cc1cc(C)ccc1C. The maximum absolute atomic E-state index is 13.1. The normalized spacial score (nSPS) is 11.0. The minimum atomic E-state index is -0.290. The quantitative estimate of drug-likeness (QED) is 0.317. The van der Waals surface area contributed by atoms with Crippen LogP contribution in [0.1, 0.15) is 37.5 Å². The number of aromatic nitrogens is 1. The summed E-state index contributed by atoms with van der Waals surface area (Å²) in [7, 11) is 1.60. The van der Waals surface area contributed by atoms with Crippen molar-refractivity contribution in [2.45, 2.75) is 20.4 Å². The van der Waals surface area contributed by atoms with Crippen LogP contribution in [0.15, 0.2) is 66.7 Å². The molecule has 0 atom stereocenters. The fraction of sp³-hybridized carbons (Fsp3) is 0.214. The molecule has 1 aromatic heterocycles. The van der Waals surface area contributed by atoms with Crippen LogP contribution in [0.2, 0.25) is 5.02 Å². The van der Waals surface area contributed by atoms with Gasteiger partial charge in [-0.05, 0) is 61.4 Å². The van der Waals surface area contributed by atoms with E-state index in [2.05, 4.69) is 42.7 Å². The van der Waals surface area contributed by atoms with Crippen molar-refractivity contribution < 1.29 is 14.3 Å². The van der Waals surface area contributed by atoms with Gasteiger partial charge in [-0.1, -0.05) is 47.5 Å². The van der Waals surface area contributed by atoms with Gasteiger partial charge in [0, 0.05) is 36.8 Å². The van der Waals surface area contributed by atoms with Crippen LogP contribution < -0.4 is 10.6 Å². The van der Waals surface area contributed by atoms with Gasteiger partial charge in [0.25, 0.3) is 11.8 Å². The van der Waals surface area contributed by atoms with Crippen LogP contribution in [-0.2, 0) is 11.3 Å². The third-order valence-electron chi connectivity index (χ3n) is 5.94. The van der Waals surface area contributed by atoms with E-state index in [1.807, 2.05) is 28.8 Å². The third-order valence-corrected chi connectivity index (χ3v) is 6.26. The summed E-state index contributed by atoms with van der Waals surface area (Å²) in [5, 5.41) is 7.07. The average molecular weight is 490 g/mol. The van der Waals surface area contributed by atoms with Crippen molar-refractivity contribution in [3.05, 3.63) is 99.7 Å². The largest absolute Gasteiger partial charge is 0.383 e. The van der Waals surface area contributed by atoms with Gasteiger partial charge in [0.15, 0.2) is 0 Å². The zero-order valence-electron chi connectivity index (χ0n) is 20.0. The molecule has 4 aromatic rings. The first-order valence-electron chi connectivity index (χ1n) is 11.4. The molecule has 0 aliphatic heterocycles. The molecule has 0 aliphatic carbocycles. The lowest BCUT2D eigenvalue weighted by atomic mass is 10.1. The fourth-order valence-corrected chi connectivity index (χ4v) is 4.27. The second-order valence-corrected chi connectivity index (χ2v) is 8.91. The van der Waals surface area contributed by atoms with Gasteiger partial charge in [0.2, 0.25) is 0 Å². The monoisotopic (exact) mass is 489 g/mol. The van der Waals surface area contributed by atoms with Crippen LogP contribution in [-0.4, -0.2) is 36.6 Å². The third kappa shape index (κ3) is 5.56. The Hall–Kier alpha value is -3.61. The lowest BCUT2D eigenvalue weighted by molar-refractivity contribution is 0.0928. The molecule has 0 unspecified atom stereocenters. The standard InChI is InChI=1S/C28H28ClN3O3/c1-18-8-9-19(2)21(14-18)17-32-25-11-10-22(31-27(33)23-6-4-5-7-24(23)29)15-20(25)16-26(32)28(34)30-12-13-35-3/h4-11,14-16H,12-13,17H2,1-3H3,(H,30,34)(H,31,33). The van der Waals surface area contributed by atoms with Gasteiger partial charge in [-0.2, -0.15) is 0 Å². The zero-order valence-corrected chi connectivity index (χ0v) is 20.8. The number of nitrogens with one attached hydrogen (secondary N) is 2. The molecule has 0 saturated heterocycles. The first-order valence-corrected chi connectivity index (χ1v) is 11.8. The van der Waals surface area contributed by atoms with Crippen molar-refractivity contribution in [1.82, 2.24) is 9.88 Å². The van der Waals surface area contributed by atoms with Gasteiger partial charge in [-0.15, -0.1) is 0 Å². The molecule has 35 heavy (non-hydrogen) atoms. The van der Waals surface area contributed by atoms with Crippen molar-refractivity contribution >= 4 is 40.0 Å². The Labute approximate surface area is 209 Å². The predicted molar refractivity (Wildman–Crippen MR) is 141 cm³/mol. The molecule has 0 fully saturated rings. The number of methoxy groups -OCH3 is 1. The van der Waals surface area contributed by atoms with Crippen LogP contribution in [0.5, 0.6) is 0 Å². The van der Waals surface area contributed by atoms with Gasteiger partial charge in [-0.3, -0.25) is 9.59 Å². The molecule has 2 amide bonds. The Bertz CT molecular complexity index is 1390. The average Bonchev–Trinajstić information content (AvgIpc) is 3.19. The number of fused-ring (bicyclic) bond motifs is 1. The van der Waals surface area contributed by atoms with Gasteiger partial charge in [-0.25, -0.2) is 0 Å². The Morgan fingerprint density at radius 3 is 2.54 bits per heavy atom. The molecule has 0 aliphatic rings. The molecule has 0 saturated carbocycles. The lowest BCUT2D eigenvalue weighted by Gasteiger charge is -2.14. The van der Waals surface area contributed by atoms with E-state index in [0.717, 1.165) is 27.6 Å². The van der Waals surface area contributed by atoms with Crippen molar-refractivity contribution in [2.24, 2.45) is 0 Å². The van der Waals surface area contributed by atoms with Crippen molar-refractivity contribution in [2.75, 3.05) is 25.6 Å². The number of ether oxygens (including phenoxy) is 1. The number of benzene rings is 3. The van der Waals surface area contributed by atoms with E-state index in [4.69, 9.17) is 16.3 Å². The number of amides is 2. The van der Waals surface area contributed by atoms with E-state index in [1.54, 1.807) is 31.4 Å². The summed E-state index contributed by atoms with van der Waals surface area (Å²) in [5.41, 5.74) is 5.94. The molecular weight excluding hydrogens is 462 g/mol.